The number of ether oxygens (including phenoxy) is 2. The van der Waals surface area contributed by atoms with Gasteiger partial charge in [-0.1, -0.05) is 122 Å². The van der Waals surface area contributed by atoms with Gasteiger partial charge in [0, 0.05) is 12.8 Å². The Hall–Kier alpha value is -1.67. The Morgan fingerprint density at radius 3 is 1.54 bits per heavy atom. The van der Waals surface area contributed by atoms with Gasteiger partial charge >= 0.3 is 19.8 Å². The van der Waals surface area contributed by atoms with Crippen LogP contribution in [0.3, 0.4) is 0 Å². The summed E-state index contributed by atoms with van der Waals surface area (Å²) >= 11 is 0. The normalized spacial score (nSPS) is 23.9. The van der Waals surface area contributed by atoms with Crippen LogP contribution >= 0.6 is 7.82 Å². The number of aliphatic hydroxyl groups is 5. The van der Waals surface area contributed by atoms with Crippen LogP contribution in [0, 0.1) is 0 Å². The number of hydrogen-bond acceptors (Lipinski definition) is 12. The van der Waals surface area contributed by atoms with Crippen molar-refractivity contribution in [3.63, 3.8) is 0 Å². The fourth-order valence-corrected chi connectivity index (χ4v) is 6.78. The molecule has 0 saturated heterocycles. The van der Waals surface area contributed by atoms with Gasteiger partial charge in [-0.05, 0) is 38.5 Å². The van der Waals surface area contributed by atoms with Crippen LogP contribution in [0.2, 0.25) is 0 Å². The second-order valence-corrected chi connectivity index (χ2v) is 15.2. The van der Waals surface area contributed by atoms with Crippen LogP contribution in [0.1, 0.15) is 149 Å². The minimum atomic E-state index is -5.11. The van der Waals surface area contributed by atoms with E-state index >= 15 is 0 Å². The van der Waals surface area contributed by atoms with Gasteiger partial charge in [0.05, 0.1) is 6.61 Å². The summed E-state index contributed by atoms with van der Waals surface area (Å²) in [5.74, 6) is -1.12. The summed E-state index contributed by atoms with van der Waals surface area (Å²) in [7, 11) is -5.11. The molecule has 0 aliphatic heterocycles. The second-order valence-electron chi connectivity index (χ2n) is 13.8. The Morgan fingerprint density at radius 1 is 0.596 bits per heavy atom. The van der Waals surface area contributed by atoms with Crippen molar-refractivity contribution in [3.05, 3.63) is 24.3 Å². The zero-order valence-corrected chi connectivity index (χ0v) is 32.5. The molecule has 0 heterocycles. The van der Waals surface area contributed by atoms with E-state index in [1.807, 2.05) is 0 Å². The van der Waals surface area contributed by atoms with Crippen molar-refractivity contribution in [2.45, 2.75) is 191 Å². The van der Waals surface area contributed by atoms with Gasteiger partial charge < -0.3 is 39.9 Å². The average molecular weight is 765 g/mol. The van der Waals surface area contributed by atoms with E-state index in [1.54, 1.807) is 0 Å². The molecule has 8 atom stereocenters. The van der Waals surface area contributed by atoms with Crippen molar-refractivity contribution < 1.29 is 63.1 Å². The Balaban J connectivity index is 2.54. The number of carbonyl (C=O) groups excluding carboxylic acids is 2. The minimum Gasteiger partial charge on any atom is -0.462 e. The predicted molar refractivity (Wildman–Crippen MR) is 198 cm³/mol. The van der Waals surface area contributed by atoms with Crippen LogP contribution in [0.15, 0.2) is 24.3 Å². The number of phosphoric ester groups is 1. The number of allylic oxidation sites excluding steroid dienone is 4. The summed E-state index contributed by atoms with van der Waals surface area (Å²) in [5, 5.41) is 49.9. The van der Waals surface area contributed by atoms with Crippen molar-refractivity contribution in [2.75, 3.05) is 13.2 Å². The number of unbranched alkanes of at least 4 members (excludes halogenated alkanes) is 16. The zero-order chi connectivity index (χ0) is 38.6. The van der Waals surface area contributed by atoms with Crippen LogP contribution in [0.25, 0.3) is 0 Å². The lowest BCUT2D eigenvalue weighted by Gasteiger charge is -2.41. The highest BCUT2D eigenvalue weighted by Gasteiger charge is 2.51. The number of phosphoric acid groups is 1. The molecule has 0 aromatic carbocycles. The molecule has 0 aromatic heterocycles. The molecule has 1 rings (SSSR count). The molecule has 6 N–H and O–H groups in total. The van der Waals surface area contributed by atoms with Crippen molar-refractivity contribution in [1.82, 2.24) is 0 Å². The molecule has 0 radical (unpaired) electrons. The Morgan fingerprint density at radius 2 is 1.02 bits per heavy atom. The quantitative estimate of drug-likeness (QED) is 0.0204. The maximum atomic E-state index is 12.7. The van der Waals surface area contributed by atoms with Gasteiger partial charge in [0.15, 0.2) is 6.10 Å². The van der Waals surface area contributed by atoms with Crippen LogP contribution in [-0.2, 0) is 32.7 Å². The summed E-state index contributed by atoms with van der Waals surface area (Å²) < 4.78 is 33.3. The molecule has 1 aliphatic carbocycles. The third kappa shape index (κ3) is 22.5. The van der Waals surface area contributed by atoms with Crippen LogP contribution in [0.4, 0.5) is 0 Å². The molecule has 6 unspecified atom stereocenters. The van der Waals surface area contributed by atoms with E-state index in [0.717, 1.165) is 57.8 Å². The summed E-state index contributed by atoms with van der Waals surface area (Å²) in [6, 6.07) is 0. The summed E-state index contributed by atoms with van der Waals surface area (Å²) in [5.41, 5.74) is 0. The van der Waals surface area contributed by atoms with E-state index in [-0.39, 0.29) is 12.8 Å². The lowest BCUT2D eigenvalue weighted by molar-refractivity contribution is -0.220. The highest BCUT2D eigenvalue weighted by molar-refractivity contribution is 7.47. The van der Waals surface area contributed by atoms with Gasteiger partial charge in [-0.15, -0.1) is 0 Å². The molecular weight excluding hydrogens is 695 g/mol. The summed E-state index contributed by atoms with van der Waals surface area (Å²) in [6.07, 6.45) is 15.5. The van der Waals surface area contributed by atoms with E-state index in [2.05, 4.69) is 38.2 Å². The molecule has 304 valence electrons. The molecule has 0 amide bonds. The summed E-state index contributed by atoms with van der Waals surface area (Å²) in [4.78, 5) is 35.4. The van der Waals surface area contributed by atoms with Crippen molar-refractivity contribution in [2.24, 2.45) is 0 Å². The summed E-state index contributed by atoms with van der Waals surface area (Å²) in [6.45, 7) is 3.19. The van der Waals surface area contributed by atoms with Crippen LogP contribution in [-0.4, -0.2) is 98.3 Å². The number of hydrogen-bond donors (Lipinski definition) is 6. The van der Waals surface area contributed by atoms with Crippen LogP contribution in [0.5, 0.6) is 0 Å². The molecule has 0 aromatic rings. The molecule has 13 nitrogen and oxygen atoms in total. The standard InChI is InChI=1S/C38H69O13P/c1-3-5-7-9-11-13-14-15-16-17-18-19-21-23-25-27-32(40)50-30(28-48-31(39)26-24-22-20-12-10-8-6-4-2)29-49-52(46,47)51-38-36(44)34(42)33(41)35(43)37(38)45/h13-16,30,33-38,41-45H,3-12,17-29H2,1-2H3,(H,46,47)/b14-13+,16-15+/t30-,33?,34-,35?,36?,37?,38?/m1/s1. The van der Waals surface area contributed by atoms with E-state index in [1.165, 1.54) is 51.4 Å². The zero-order valence-electron chi connectivity index (χ0n) is 31.6. The minimum absolute atomic E-state index is 0.0809. The predicted octanol–water partition coefficient (Wildman–Crippen LogP) is 6.11. The number of aliphatic hydroxyl groups excluding tert-OH is 5. The van der Waals surface area contributed by atoms with E-state index in [4.69, 9.17) is 18.5 Å². The molecule has 52 heavy (non-hydrogen) atoms. The smallest absolute Gasteiger partial charge is 0.462 e. The van der Waals surface area contributed by atoms with E-state index in [9.17, 15) is 44.6 Å². The number of carbonyl (C=O) groups is 2. The van der Waals surface area contributed by atoms with E-state index < -0.39 is 75.7 Å². The highest BCUT2D eigenvalue weighted by Crippen LogP contribution is 2.47. The highest BCUT2D eigenvalue weighted by atomic mass is 31.2. The van der Waals surface area contributed by atoms with Crippen molar-refractivity contribution in [1.29, 1.82) is 0 Å². The molecule has 14 heteroatoms. The first-order valence-corrected chi connectivity index (χ1v) is 21.2. The van der Waals surface area contributed by atoms with Gasteiger partial charge in [-0.3, -0.25) is 18.6 Å². The topological polar surface area (TPSA) is 210 Å². The van der Waals surface area contributed by atoms with Crippen molar-refractivity contribution in [3.8, 4) is 0 Å². The first kappa shape index (κ1) is 48.3. The molecule has 1 fully saturated rings. The van der Waals surface area contributed by atoms with Gasteiger partial charge in [-0.2, -0.15) is 0 Å². The maximum absolute atomic E-state index is 12.7. The van der Waals surface area contributed by atoms with Gasteiger partial charge in [-0.25, -0.2) is 4.57 Å². The van der Waals surface area contributed by atoms with Gasteiger partial charge in [0.1, 0.15) is 43.2 Å². The first-order valence-electron chi connectivity index (χ1n) is 19.7. The number of esters is 2. The third-order valence-corrected chi connectivity index (χ3v) is 10.1. The Kier molecular flexibility index (Phi) is 27.6. The molecule has 1 aliphatic rings. The van der Waals surface area contributed by atoms with Gasteiger partial charge in [0.2, 0.25) is 0 Å². The third-order valence-electron chi connectivity index (χ3n) is 9.07. The molecule has 0 bridgehead atoms. The first-order chi connectivity index (χ1) is 24.9. The largest absolute Gasteiger partial charge is 0.472 e. The molecular formula is C38H69O13P. The maximum Gasteiger partial charge on any atom is 0.472 e. The molecule has 0 spiro atoms. The van der Waals surface area contributed by atoms with E-state index in [0.29, 0.717) is 12.8 Å². The van der Waals surface area contributed by atoms with Crippen LogP contribution < -0.4 is 0 Å². The monoisotopic (exact) mass is 764 g/mol. The fraction of sp³-hybridized carbons (Fsp3) is 0.842. The fourth-order valence-electron chi connectivity index (χ4n) is 5.81. The SMILES string of the molecule is CCCCCC/C=C/C=C/CCCCCCCC(=O)O[C@H](COC(=O)CCCCCCCCCC)COP(=O)(O)OC1C(O)C(O)C(O)[C@@H](O)C1O. The lowest BCUT2D eigenvalue weighted by Crippen LogP contribution is -2.64. The number of rotatable bonds is 31. The second kappa shape index (κ2) is 29.7. The van der Waals surface area contributed by atoms with Crippen molar-refractivity contribution >= 4 is 19.8 Å². The average Bonchev–Trinajstić information content (AvgIpc) is 3.12. The molecule has 1 saturated carbocycles. The van der Waals surface area contributed by atoms with Gasteiger partial charge in [0.25, 0.3) is 0 Å². The Bertz CT molecular complexity index is 1020. The Labute approximate surface area is 311 Å². The lowest BCUT2D eigenvalue weighted by atomic mass is 9.85.